The molecule has 0 bridgehead atoms. The number of carbonyl (C=O) groups is 1. The van der Waals surface area contributed by atoms with Crippen molar-refractivity contribution in [3.63, 3.8) is 0 Å². The van der Waals surface area contributed by atoms with Crippen LogP contribution in [0.25, 0.3) is 0 Å². The molecule has 8 heteroatoms. The summed E-state index contributed by atoms with van der Waals surface area (Å²) in [5.41, 5.74) is 0. The molecule has 1 aromatic rings. The molecule has 2 unspecified atom stereocenters. The molecular weight excluding hydrogens is 338 g/mol. The minimum Gasteiger partial charge on any atom is -0.508 e. The molecule has 0 spiro atoms. The molecule has 6 nitrogen and oxygen atoms in total. The standard InChI is InChI=1S/C15H21NO5S2/c1-21-15(18)10-14(22)13-4-2-3-9-16(13)23(19,20)12-7-5-11(17)6-8-12/h5-8,13-14,17,22H,2-4,9-10H2,1H3. The molecule has 0 saturated carbocycles. The normalized spacial score (nSPS) is 20.9. The highest BCUT2D eigenvalue weighted by molar-refractivity contribution is 7.89. The molecule has 128 valence electrons. The smallest absolute Gasteiger partial charge is 0.306 e. The molecule has 2 atom stereocenters. The van der Waals surface area contributed by atoms with Crippen molar-refractivity contribution in [2.75, 3.05) is 13.7 Å². The van der Waals surface area contributed by atoms with Gasteiger partial charge in [0, 0.05) is 17.8 Å². The van der Waals surface area contributed by atoms with Crippen molar-refractivity contribution in [2.45, 2.75) is 41.9 Å². The summed E-state index contributed by atoms with van der Waals surface area (Å²) in [6.07, 6.45) is 2.38. The van der Waals surface area contributed by atoms with E-state index < -0.39 is 21.2 Å². The highest BCUT2D eigenvalue weighted by Crippen LogP contribution is 2.30. The highest BCUT2D eigenvalue weighted by Gasteiger charge is 2.37. The van der Waals surface area contributed by atoms with Crippen molar-refractivity contribution in [3.05, 3.63) is 24.3 Å². The van der Waals surface area contributed by atoms with Gasteiger partial charge in [-0.3, -0.25) is 4.79 Å². The molecule has 0 radical (unpaired) electrons. The summed E-state index contributed by atoms with van der Waals surface area (Å²) in [6.45, 7) is 0.395. The molecule has 1 aromatic carbocycles. The van der Waals surface area contributed by atoms with Gasteiger partial charge in [0.15, 0.2) is 0 Å². The van der Waals surface area contributed by atoms with E-state index in [4.69, 9.17) is 0 Å². The Morgan fingerprint density at radius 1 is 1.39 bits per heavy atom. The van der Waals surface area contributed by atoms with E-state index in [1.165, 1.54) is 35.7 Å². The van der Waals surface area contributed by atoms with Gasteiger partial charge in [0.25, 0.3) is 0 Å². The van der Waals surface area contributed by atoms with Gasteiger partial charge in [0.1, 0.15) is 5.75 Å². The number of phenolic OH excluding ortho intramolecular Hbond substituents is 1. The number of carbonyl (C=O) groups excluding carboxylic acids is 1. The quantitative estimate of drug-likeness (QED) is 0.619. The first-order chi connectivity index (χ1) is 10.9. The number of ether oxygens (including phenoxy) is 1. The predicted molar refractivity (Wildman–Crippen MR) is 89.0 cm³/mol. The van der Waals surface area contributed by atoms with Crippen LogP contribution in [0.3, 0.4) is 0 Å². The third kappa shape index (κ3) is 4.19. The Morgan fingerprint density at radius 2 is 2.04 bits per heavy atom. The number of thiol groups is 1. The third-order valence-electron chi connectivity index (χ3n) is 3.99. The lowest BCUT2D eigenvalue weighted by molar-refractivity contribution is -0.140. The first kappa shape index (κ1) is 18.1. The molecule has 1 aliphatic rings. The number of rotatable bonds is 5. The van der Waals surface area contributed by atoms with Crippen molar-refractivity contribution in [1.29, 1.82) is 0 Å². The van der Waals surface area contributed by atoms with Gasteiger partial charge >= 0.3 is 5.97 Å². The van der Waals surface area contributed by atoms with Crippen LogP contribution >= 0.6 is 12.6 Å². The van der Waals surface area contributed by atoms with Gasteiger partial charge in [-0.15, -0.1) is 0 Å². The Hall–Kier alpha value is -1.25. The number of esters is 1. The van der Waals surface area contributed by atoms with Crippen LogP contribution in [0.15, 0.2) is 29.2 Å². The minimum absolute atomic E-state index is 0.0110. The van der Waals surface area contributed by atoms with Crippen molar-refractivity contribution >= 4 is 28.6 Å². The summed E-state index contributed by atoms with van der Waals surface area (Å²) in [6, 6.07) is 5.09. The average Bonchev–Trinajstić information content (AvgIpc) is 2.55. The fourth-order valence-corrected chi connectivity index (χ4v) is 5.04. The maximum atomic E-state index is 12.9. The highest BCUT2D eigenvalue weighted by atomic mass is 32.2. The van der Waals surface area contributed by atoms with Gasteiger partial charge in [0.2, 0.25) is 10.0 Å². The minimum atomic E-state index is -3.69. The fraction of sp³-hybridized carbons (Fsp3) is 0.533. The van der Waals surface area contributed by atoms with E-state index in [9.17, 15) is 18.3 Å². The van der Waals surface area contributed by atoms with E-state index in [-0.39, 0.29) is 23.1 Å². The van der Waals surface area contributed by atoms with E-state index in [1.54, 1.807) is 0 Å². The third-order valence-corrected chi connectivity index (χ3v) is 6.45. The van der Waals surface area contributed by atoms with Crippen LogP contribution in [-0.2, 0) is 19.6 Å². The monoisotopic (exact) mass is 359 g/mol. The van der Waals surface area contributed by atoms with Crippen molar-refractivity contribution in [1.82, 2.24) is 4.31 Å². The van der Waals surface area contributed by atoms with Crippen LogP contribution in [0.5, 0.6) is 5.75 Å². The Bertz CT molecular complexity index is 644. The summed E-state index contributed by atoms with van der Waals surface area (Å²) in [4.78, 5) is 11.6. The molecular formula is C15H21NO5S2. The number of aromatic hydroxyl groups is 1. The zero-order valence-electron chi connectivity index (χ0n) is 12.9. The van der Waals surface area contributed by atoms with Gasteiger partial charge in [-0.25, -0.2) is 8.42 Å². The fourth-order valence-electron chi connectivity index (χ4n) is 2.76. The second-order valence-electron chi connectivity index (χ2n) is 5.52. The maximum absolute atomic E-state index is 12.9. The summed E-state index contributed by atoms with van der Waals surface area (Å²) in [7, 11) is -2.39. The number of hydrogen-bond donors (Lipinski definition) is 2. The maximum Gasteiger partial charge on any atom is 0.306 e. The van der Waals surface area contributed by atoms with Crippen LogP contribution in [0, 0.1) is 0 Å². The first-order valence-electron chi connectivity index (χ1n) is 7.42. The molecule has 1 saturated heterocycles. The second kappa shape index (κ2) is 7.55. The Labute approximate surface area is 141 Å². The molecule has 1 N–H and O–H groups in total. The van der Waals surface area contributed by atoms with Crippen molar-refractivity contribution in [2.24, 2.45) is 0 Å². The summed E-state index contributed by atoms with van der Waals surface area (Å²) >= 11 is 4.44. The van der Waals surface area contributed by atoms with Crippen molar-refractivity contribution in [3.8, 4) is 5.75 Å². The van der Waals surface area contributed by atoms with E-state index in [0.29, 0.717) is 13.0 Å². The Kier molecular flexibility index (Phi) is 5.94. The summed E-state index contributed by atoms with van der Waals surface area (Å²) < 4.78 is 31.8. The lowest BCUT2D eigenvalue weighted by Gasteiger charge is -2.37. The van der Waals surface area contributed by atoms with E-state index in [0.717, 1.165) is 12.8 Å². The number of nitrogens with zero attached hydrogens (tertiary/aromatic N) is 1. The number of phenols is 1. The largest absolute Gasteiger partial charge is 0.508 e. The number of sulfonamides is 1. The zero-order chi connectivity index (χ0) is 17.0. The average molecular weight is 359 g/mol. The molecule has 23 heavy (non-hydrogen) atoms. The van der Waals surface area contributed by atoms with Gasteiger partial charge in [-0.2, -0.15) is 16.9 Å². The van der Waals surface area contributed by atoms with Crippen molar-refractivity contribution < 1.29 is 23.1 Å². The van der Waals surface area contributed by atoms with Crippen LogP contribution < -0.4 is 0 Å². The molecule has 0 aromatic heterocycles. The molecule has 0 aliphatic carbocycles. The lowest BCUT2D eigenvalue weighted by Crippen LogP contribution is -2.48. The lowest BCUT2D eigenvalue weighted by atomic mass is 10.00. The van der Waals surface area contributed by atoms with Gasteiger partial charge < -0.3 is 9.84 Å². The summed E-state index contributed by atoms with van der Waals surface area (Å²) in [5.74, 6) is -0.394. The summed E-state index contributed by atoms with van der Waals surface area (Å²) in [5, 5.41) is 8.91. The number of methoxy groups -OCH3 is 1. The van der Waals surface area contributed by atoms with Gasteiger partial charge in [-0.1, -0.05) is 6.42 Å². The molecule has 2 rings (SSSR count). The van der Waals surface area contributed by atoms with E-state index >= 15 is 0 Å². The van der Waals surface area contributed by atoms with E-state index in [2.05, 4.69) is 17.4 Å². The van der Waals surface area contributed by atoms with Crippen LogP contribution in [0.4, 0.5) is 0 Å². The number of benzene rings is 1. The van der Waals surface area contributed by atoms with Gasteiger partial charge in [0.05, 0.1) is 18.4 Å². The Morgan fingerprint density at radius 3 is 2.65 bits per heavy atom. The predicted octanol–water partition coefficient (Wildman–Crippen LogP) is 1.80. The van der Waals surface area contributed by atoms with E-state index in [1.807, 2.05) is 0 Å². The van der Waals surface area contributed by atoms with Crippen LogP contribution in [0.2, 0.25) is 0 Å². The SMILES string of the molecule is COC(=O)CC(S)C1CCCCN1S(=O)(=O)c1ccc(O)cc1. The first-order valence-corrected chi connectivity index (χ1v) is 9.37. The topological polar surface area (TPSA) is 83.9 Å². The van der Waals surface area contributed by atoms with Crippen LogP contribution in [0.1, 0.15) is 25.7 Å². The number of piperidine rings is 1. The zero-order valence-corrected chi connectivity index (χ0v) is 14.6. The van der Waals surface area contributed by atoms with Crippen LogP contribution in [-0.4, -0.2) is 48.7 Å². The second-order valence-corrected chi connectivity index (χ2v) is 8.07. The molecule has 1 aliphatic heterocycles. The molecule has 0 amide bonds. The number of hydrogen-bond acceptors (Lipinski definition) is 6. The van der Waals surface area contributed by atoms with Gasteiger partial charge in [-0.05, 0) is 37.1 Å². The Balaban J connectivity index is 2.26. The molecule has 1 heterocycles. The molecule has 1 fully saturated rings.